The number of hydrogen-bond donors (Lipinski definition) is 2. The second-order valence-corrected chi connectivity index (χ2v) is 9.43. The Hall–Kier alpha value is -2.93. The first-order valence-corrected chi connectivity index (χ1v) is 11.4. The van der Waals surface area contributed by atoms with Crippen molar-refractivity contribution < 1.29 is 4.79 Å². The van der Waals surface area contributed by atoms with Gasteiger partial charge in [0.25, 0.3) is 5.91 Å². The molecule has 1 fully saturated rings. The molecule has 2 N–H and O–H groups in total. The fourth-order valence-corrected chi connectivity index (χ4v) is 5.03. The van der Waals surface area contributed by atoms with Gasteiger partial charge in [-0.2, -0.15) is 10.2 Å². The first-order valence-electron chi connectivity index (χ1n) is 11.4. The Kier molecular flexibility index (Phi) is 6.46. The van der Waals surface area contributed by atoms with Gasteiger partial charge < -0.3 is 5.32 Å². The minimum absolute atomic E-state index is 0.155. The summed E-state index contributed by atoms with van der Waals surface area (Å²) in [6, 6.07) is 10.2. The molecule has 1 amide bonds. The summed E-state index contributed by atoms with van der Waals surface area (Å²) in [6.45, 7) is 12.3. The van der Waals surface area contributed by atoms with Crippen molar-refractivity contribution in [3.05, 3.63) is 58.5 Å². The van der Waals surface area contributed by atoms with Gasteiger partial charge in [-0.15, -0.1) is 0 Å². The van der Waals surface area contributed by atoms with E-state index in [2.05, 4.69) is 57.6 Å². The summed E-state index contributed by atoms with van der Waals surface area (Å²) in [4.78, 5) is 15.4. The summed E-state index contributed by atoms with van der Waals surface area (Å²) in [6.07, 6.45) is 1.30. The predicted molar refractivity (Wildman–Crippen MR) is 126 cm³/mol. The van der Waals surface area contributed by atoms with Gasteiger partial charge in [-0.25, -0.2) is 0 Å². The van der Waals surface area contributed by atoms with Gasteiger partial charge in [0.05, 0.1) is 11.4 Å². The smallest absolute Gasteiger partial charge is 0.269 e. The quantitative estimate of drug-likeness (QED) is 0.618. The summed E-state index contributed by atoms with van der Waals surface area (Å²) < 4.78 is 1.83. The SMILES string of the molecule is Cc1nn(C)c(C)c1-c1cc(C(=O)NCc2ccccc2CN2CC(C)CC(C)C2)[nH]n1. The van der Waals surface area contributed by atoms with Gasteiger partial charge in [-0.1, -0.05) is 38.1 Å². The van der Waals surface area contributed by atoms with Crippen molar-refractivity contribution >= 4 is 5.91 Å². The van der Waals surface area contributed by atoms with Gasteiger partial charge in [-0.3, -0.25) is 19.5 Å². The van der Waals surface area contributed by atoms with Crippen molar-refractivity contribution in [2.24, 2.45) is 18.9 Å². The van der Waals surface area contributed by atoms with Gasteiger partial charge in [-0.05, 0) is 49.3 Å². The summed E-state index contributed by atoms with van der Waals surface area (Å²) in [5.74, 6) is 1.30. The largest absolute Gasteiger partial charge is 0.347 e. The van der Waals surface area contributed by atoms with Crippen molar-refractivity contribution in [2.45, 2.75) is 47.2 Å². The van der Waals surface area contributed by atoms with Crippen molar-refractivity contribution in [3.63, 3.8) is 0 Å². The monoisotopic (exact) mass is 434 g/mol. The summed E-state index contributed by atoms with van der Waals surface area (Å²) in [5, 5.41) is 14.7. The van der Waals surface area contributed by atoms with Crippen molar-refractivity contribution in [2.75, 3.05) is 13.1 Å². The Morgan fingerprint density at radius 1 is 1.16 bits per heavy atom. The minimum atomic E-state index is -0.155. The van der Waals surface area contributed by atoms with E-state index >= 15 is 0 Å². The number of H-pyrrole nitrogens is 1. The zero-order valence-corrected chi connectivity index (χ0v) is 19.8. The molecular formula is C25H34N6O. The molecule has 2 aromatic heterocycles. The van der Waals surface area contributed by atoms with E-state index < -0.39 is 0 Å². The van der Waals surface area contributed by atoms with E-state index in [1.807, 2.05) is 31.6 Å². The first-order chi connectivity index (χ1) is 15.3. The number of carbonyl (C=O) groups excluding carboxylic acids is 1. The summed E-state index contributed by atoms with van der Waals surface area (Å²) >= 11 is 0. The number of nitrogens with zero attached hydrogens (tertiary/aromatic N) is 4. The summed E-state index contributed by atoms with van der Waals surface area (Å²) in [5.41, 5.74) is 6.53. The van der Waals surface area contributed by atoms with Gasteiger partial charge >= 0.3 is 0 Å². The lowest BCUT2D eigenvalue weighted by molar-refractivity contribution is 0.0945. The van der Waals surface area contributed by atoms with Crippen LogP contribution in [-0.4, -0.2) is 43.9 Å². The number of rotatable bonds is 6. The van der Waals surface area contributed by atoms with Gasteiger partial charge in [0.2, 0.25) is 0 Å². The van der Waals surface area contributed by atoms with E-state index in [0.717, 1.165) is 59.7 Å². The molecular weight excluding hydrogens is 400 g/mol. The third kappa shape index (κ3) is 4.78. The number of benzene rings is 1. The zero-order chi connectivity index (χ0) is 22.8. The van der Waals surface area contributed by atoms with Crippen LogP contribution in [0, 0.1) is 25.7 Å². The van der Waals surface area contributed by atoms with Crippen molar-refractivity contribution in [1.29, 1.82) is 0 Å². The molecule has 3 aromatic rings. The van der Waals surface area contributed by atoms with Crippen molar-refractivity contribution in [1.82, 2.24) is 30.2 Å². The standard InChI is InChI=1S/C25H34N6O/c1-16-10-17(2)14-31(13-16)15-21-9-7-6-8-20(21)12-26-25(32)23-11-22(27-28-23)24-18(3)29-30(5)19(24)4/h6-9,11,16-17H,10,12-15H2,1-5H3,(H,26,32)(H,27,28). The second-order valence-electron chi connectivity index (χ2n) is 9.43. The number of aromatic nitrogens is 4. The number of hydrogen-bond acceptors (Lipinski definition) is 4. The second kappa shape index (κ2) is 9.28. The van der Waals surface area contributed by atoms with E-state index in [1.165, 1.54) is 12.0 Å². The Morgan fingerprint density at radius 2 is 1.84 bits per heavy atom. The number of aryl methyl sites for hydroxylation is 2. The molecule has 7 nitrogen and oxygen atoms in total. The van der Waals surface area contributed by atoms with Crippen LogP contribution in [0.1, 0.15) is 53.3 Å². The molecule has 0 saturated carbocycles. The van der Waals surface area contributed by atoms with Crippen LogP contribution in [0.4, 0.5) is 0 Å². The molecule has 1 aromatic carbocycles. The minimum Gasteiger partial charge on any atom is -0.347 e. The fourth-order valence-electron chi connectivity index (χ4n) is 5.03. The number of amides is 1. The van der Waals surface area contributed by atoms with E-state index in [1.54, 1.807) is 6.07 Å². The highest BCUT2D eigenvalue weighted by Gasteiger charge is 2.22. The Bertz CT molecular complexity index is 1090. The highest BCUT2D eigenvalue weighted by molar-refractivity contribution is 5.93. The lowest BCUT2D eigenvalue weighted by Gasteiger charge is -2.35. The number of nitrogens with one attached hydrogen (secondary N) is 2. The maximum Gasteiger partial charge on any atom is 0.269 e. The molecule has 7 heteroatoms. The van der Waals surface area contributed by atoms with Crippen LogP contribution in [0.15, 0.2) is 30.3 Å². The van der Waals surface area contributed by atoms with E-state index in [0.29, 0.717) is 12.2 Å². The molecule has 1 saturated heterocycles. The molecule has 4 rings (SSSR count). The Labute approximate surface area is 190 Å². The highest BCUT2D eigenvalue weighted by Crippen LogP contribution is 2.25. The van der Waals surface area contributed by atoms with Crippen LogP contribution in [0.3, 0.4) is 0 Å². The van der Waals surface area contributed by atoms with E-state index in [-0.39, 0.29) is 5.91 Å². The number of piperidine rings is 1. The van der Waals surface area contributed by atoms with Crippen LogP contribution >= 0.6 is 0 Å². The highest BCUT2D eigenvalue weighted by atomic mass is 16.1. The molecule has 170 valence electrons. The third-order valence-corrected chi connectivity index (χ3v) is 6.48. The maximum absolute atomic E-state index is 12.8. The molecule has 0 radical (unpaired) electrons. The number of carbonyl (C=O) groups is 1. The number of aromatic amines is 1. The topological polar surface area (TPSA) is 78.8 Å². The van der Waals surface area contributed by atoms with Gasteiger partial charge in [0, 0.05) is 44.5 Å². The van der Waals surface area contributed by atoms with Crippen LogP contribution in [0.2, 0.25) is 0 Å². The van der Waals surface area contributed by atoms with Crippen LogP contribution in [-0.2, 0) is 20.1 Å². The fraction of sp³-hybridized carbons (Fsp3) is 0.480. The maximum atomic E-state index is 12.8. The van der Waals surface area contributed by atoms with E-state index in [4.69, 9.17) is 0 Å². The molecule has 1 aliphatic rings. The molecule has 32 heavy (non-hydrogen) atoms. The normalized spacial score (nSPS) is 19.3. The average Bonchev–Trinajstić information content (AvgIpc) is 3.30. The molecule has 0 spiro atoms. The van der Waals surface area contributed by atoms with E-state index in [9.17, 15) is 4.79 Å². The van der Waals surface area contributed by atoms with Crippen LogP contribution < -0.4 is 5.32 Å². The Morgan fingerprint density at radius 3 is 2.50 bits per heavy atom. The molecule has 0 aliphatic carbocycles. The zero-order valence-electron chi connectivity index (χ0n) is 19.8. The third-order valence-electron chi connectivity index (χ3n) is 6.48. The lowest BCUT2D eigenvalue weighted by Crippen LogP contribution is -2.38. The molecule has 1 aliphatic heterocycles. The summed E-state index contributed by atoms with van der Waals surface area (Å²) in [7, 11) is 1.91. The first kappa shape index (κ1) is 22.3. The molecule has 0 bridgehead atoms. The van der Waals surface area contributed by atoms with Crippen LogP contribution in [0.25, 0.3) is 11.3 Å². The van der Waals surface area contributed by atoms with Crippen molar-refractivity contribution in [3.8, 4) is 11.3 Å². The van der Waals surface area contributed by atoms with Gasteiger partial charge in [0.1, 0.15) is 5.69 Å². The Balaban J connectivity index is 1.42. The number of likely N-dealkylation sites (tertiary alicyclic amines) is 1. The van der Waals surface area contributed by atoms with Gasteiger partial charge in [0.15, 0.2) is 0 Å². The lowest BCUT2D eigenvalue weighted by atomic mass is 9.91. The average molecular weight is 435 g/mol. The molecule has 2 unspecified atom stereocenters. The van der Waals surface area contributed by atoms with Crippen LogP contribution in [0.5, 0.6) is 0 Å². The predicted octanol–water partition coefficient (Wildman–Crippen LogP) is 3.83. The molecule has 2 atom stereocenters. The molecule has 3 heterocycles.